The minimum atomic E-state index is -0.924. The van der Waals surface area contributed by atoms with E-state index in [0.717, 1.165) is 31.7 Å². The first-order chi connectivity index (χ1) is 9.63. The van der Waals surface area contributed by atoms with Crippen LogP contribution >= 0.6 is 11.6 Å². The molecular formula is C15H18ClF2NO. The molecule has 1 aromatic rings. The molecule has 1 saturated heterocycles. The van der Waals surface area contributed by atoms with Crippen molar-refractivity contribution >= 4 is 17.5 Å². The molecule has 1 atom stereocenters. The summed E-state index contributed by atoms with van der Waals surface area (Å²) < 4.78 is 26.8. The summed E-state index contributed by atoms with van der Waals surface area (Å²) >= 11 is 5.76. The van der Waals surface area contributed by atoms with Crippen molar-refractivity contribution in [3.8, 4) is 0 Å². The smallest absolute Gasteiger partial charge is 0.227 e. The lowest BCUT2D eigenvalue weighted by atomic mass is 9.98. The second-order valence-corrected chi connectivity index (χ2v) is 5.48. The van der Waals surface area contributed by atoms with E-state index in [1.165, 1.54) is 12.1 Å². The third-order valence-corrected chi connectivity index (χ3v) is 3.98. The number of benzene rings is 1. The predicted octanol–water partition coefficient (Wildman–Crippen LogP) is 3.52. The summed E-state index contributed by atoms with van der Waals surface area (Å²) in [7, 11) is 0. The number of amides is 1. The minimum Gasteiger partial charge on any atom is -0.339 e. The van der Waals surface area contributed by atoms with Gasteiger partial charge in [-0.3, -0.25) is 4.79 Å². The molecule has 0 radical (unpaired) electrons. The summed E-state index contributed by atoms with van der Waals surface area (Å²) in [6, 6.07) is 4.07. The Kier molecular flexibility index (Phi) is 5.35. The fourth-order valence-corrected chi connectivity index (χ4v) is 2.96. The maximum Gasteiger partial charge on any atom is 0.227 e. The molecule has 5 heteroatoms. The normalized spacial score (nSPS) is 19.1. The number of rotatable bonds is 4. The third kappa shape index (κ3) is 3.48. The second-order valence-electron chi connectivity index (χ2n) is 5.10. The Morgan fingerprint density at radius 2 is 2.15 bits per heavy atom. The quantitative estimate of drug-likeness (QED) is 0.779. The van der Waals surface area contributed by atoms with Crippen LogP contribution in [-0.2, 0) is 11.2 Å². The Bertz CT molecular complexity index is 479. The van der Waals surface area contributed by atoms with Crippen LogP contribution in [0.25, 0.3) is 0 Å². The number of carbonyl (C=O) groups excluding carboxylic acids is 1. The lowest BCUT2D eigenvalue weighted by molar-refractivity contribution is -0.134. The lowest BCUT2D eigenvalue weighted by Crippen LogP contribution is -2.44. The number of carbonyl (C=O) groups is 1. The van der Waals surface area contributed by atoms with Crippen molar-refractivity contribution in [3.05, 3.63) is 35.4 Å². The van der Waals surface area contributed by atoms with Crippen molar-refractivity contribution < 1.29 is 13.6 Å². The average Bonchev–Trinajstić information content (AvgIpc) is 2.45. The number of hydrogen-bond donors (Lipinski definition) is 0. The molecule has 2 rings (SSSR count). The molecule has 1 amide bonds. The van der Waals surface area contributed by atoms with E-state index in [1.807, 2.05) is 0 Å². The molecule has 110 valence electrons. The SMILES string of the molecule is O=C(Cc1cccc(F)c1F)N1CCCCC1CCCl. The monoisotopic (exact) mass is 301 g/mol. The fraction of sp³-hybridized carbons (Fsp3) is 0.533. The standard InChI is InChI=1S/C15H18ClF2NO/c16-8-7-12-5-1-2-9-19(12)14(20)10-11-4-3-6-13(17)15(11)18/h3-4,6,12H,1-2,5,7-10H2. The van der Waals surface area contributed by atoms with Crippen LogP contribution in [0.15, 0.2) is 18.2 Å². The zero-order valence-corrected chi connectivity index (χ0v) is 12.0. The van der Waals surface area contributed by atoms with Crippen LogP contribution in [0.5, 0.6) is 0 Å². The summed E-state index contributed by atoms with van der Waals surface area (Å²) in [6.45, 7) is 0.678. The number of alkyl halides is 1. The van der Waals surface area contributed by atoms with Crippen LogP contribution < -0.4 is 0 Å². The van der Waals surface area contributed by atoms with Gasteiger partial charge >= 0.3 is 0 Å². The Hall–Kier alpha value is -1.16. The van der Waals surface area contributed by atoms with Gasteiger partial charge in [0.2, 0.25) is 5.91 Å². The number of nitrogens with zero attached hydrogens (tertiary/aromatic N) is 1. The highest BCUT2D eigenvalue weighted by Crippen LogP contribution is 2.22. The summed E-state index contributed by atoms with van der Waals surface area (Å²) in [5.74, 6) is -1.48. The molecule has 1 fully saturated rings. The fourth-order valence-electron chi connectivity index (χ4n) is 2.70. The van der Waals surface area contributed by atoms with Crippen molar-refractivity contribution in [2.75, 3.05) is 12.4 Å². The molecule has 0 saturated carbocycles. The van der Waals surface area contributed by atoms with Crippen molar-refractivity contribution in [2.24, 2.45) is 0 Å². The van der Waals surface area contributed by atoms with Crippen LogP contribution in [0, 0.1) is 11.6 Å². The number of hydrogen-bond acceptors (Lipinski definition) is 1. The topological polar surface area (TPSA) is 20.3 Å². The third-order valence-electron chi connectivity index (χ3n) is 3.76. The Labute approximate surface area is 122 Å². The first-order valence-corrected chi connectivity index (χ1v) is 7.45. The molecule has 1 aliphatic rings. The summed E-state index contributed by atoms with van der Waals surface area (Å²) in [5, 5.41) is 0. The molecule has 0 aromatic heterocycles. The molecule has 2 nitrogen and oxygen atoms in total. The van der Waals surface area contributed by atoms with Crippen LogP contribution in [-0.4, -0.2) is 29.3 Å². The van der Waals surface area contributed by atoms with Gasteiger partial charge in [0.25, 0.3) is 0 Å². The van der Waals surface area contributed by atoms with Gasteiger partial charge in [0, 0.05) is 24.0 Å². The molecule has 1 unspecified atom stereocenters. The van der Waals surface area contributed by atoms with E-state index in [-0.39, 0.29) is 23.9 Å². The zero-order valence-electron chi connectivity index (χ0n) is 11.2. The van der Waals surface area contributed by atoms with E-state index in [4.69, 9.17) is 11.6 Å². The maximum absolute atomic E-state index is 13.6. The highest BCUT2D eigenvalue weighted by atomic mass is 35.5. The second kappa shape index (κ2) is 7.02. The van der Waals surface area contributed by atoms with Crippen molar-refractivity contribution in [2.45, 2.75) is 38.1 Å². The Morgan fingerprint density at radius 1 is 1.35 bits per heavy atom. The van der Waals surface area contributed by atoms with Gasteiger partial charge in [-0.25, -0.2) is 8.78 Å². The van der Waals surface area contributed by atoms with Gasteiger partial charge in [-0.1, -0.05) is 12.1 Å². The van der Waals surface area contributed by atoms with E-state index in [0.29, 0.717) is 12.4 Å². The maximum atomic E-state index is 13.6. The van der Waals surface area contributed by atoms with Gasteiger partial charge < -0.3 is 4.90 Å². The Balaban J connectivity index is 2.08. The van der Waals surface area contributed by atoms with Crippen LogP contribution in [0.1, 0.15) is 31.2 Å². The highest BCUT2D eigenvalue weighted by Gasteiger charge is 2.26. The van der Waals surface area contributed by atoms with E-state index in [1.54, 1.807) is 4.90 Å². The van der Waals surface area contributed by atoms with Crippen molar-refractivity contribution in [1.29, 1.82) is 0 Å². The van der Waals surface area contributed by atoms with Crippen LogP contribution in [0.2, 0.25) is 0 Å². The van der Waals surface area contributed by atoms with Gasteiger partial charge in [0.1, 0.15) is 0 Å². The molecular weight excluding hydrogens is 284 g/mol. The molecule has 20 heavy (non-hydrogen) atoms. The van der Waals surface area contributed by atoms with Gasteiger partial charge in [-0.05, 0) is 31.7 Å². The van der Waals surface area contributed by atoms with Crippen molar-refractivity contribution in [1.82, 2.24) is 4.90 Å². The largest absolute Gasteiger partial charge is 0.339 e. The van der Waals surface area contributed by atoms with Gasteiger partial charge in [-0.2, -0.15) is 0 Å². The molecule has 0 spiro atoms. The van der Waals surface area contributed by atoms with Gasteiger partial charge in [0.15, 0.2) is 11.6 Å². The molecule has 1 aliphatic heterocycles. The number of likely N-dealkylation sites (tertiary alicyclic amines) is 1. The molecule has 1 heterocycles. The average molecular weight is 302 g/mol. The van der Waals surface area contributed by atoms with E-state index in [2.05, 4.69) is 0 Å². The van der Waals surface area contributed by atoms with Gasteiger partial charge in [-0.15, -0.1) is 11.6 Å². The first-order valence-electron chi connectivity index (χ1n) is 6.92. The highest BCUT2D eigenvalue weighted by molar-refractivity contribution is 6.17. The molecule has 0 aliphatic carbocycles. The van der Waals surface area contributed by atoms with Crippen molar-refractivity contribution in [3.63, 3.8) is 0 Å². The number of halogens is 3. The molecule has 1 aromatic carbocycles. The zero-order chi connectivity index (χ0) is 14.5. The summed E-state index contributed by atoms with van der Waals surface area (Å²) in [4.78, 5) is 14.1. The first kappa shape index (κ1) is 15.2. The Morgan fingerprint density at radius 3 is 2.90 bits per heavy atom. The van der Waals surface area contributed by atoms with E-state index in [9.17, 15) is 13.6 Å². The predicted molar refractivity (Wildman–Crippen MR) is 74.8 cm³/mol. The molecule has 0 N–H and O–H groups in total. The summed E-state index contributed by atoms with van der Waals surface area (Å²) in [5.41, 5.74) is 0.116. The van der Waals surface area contributed by atoms with Crippen LogP contribution in [0.3, 0.4) is 0 Å². The van der Waals surface area contributed by atoms with Gasteiger partial charge in [0.05, 0.1) is 6.42 Å². The van der Waals surface area contributed by atoms with Crippen LogP contribution in [0.4, 0.5) is 8.78 Å². The minimum absolute atomic E-state index is 0.0949. The van der Waals surface area contributed by atoms with E-state index < -0.39 is 11.6 Å². The summed E-state index contributed by atoms with van der Waals surface area (Å²) in [6.07, 6.45) is 3.63. The molecule has 0 bridgehead atoms. The lowest BCUT2D eigenvalue weighted by Gasteiger charge is -2.35. The number of piperidine rings is 1. The van der Waals surface area contributed by atoms with E-state index >= 15 is 0 Å².